The van der Waals surface area contributed by atoms with Crippen molar-refractivity contribution in [3.63, 3.8) is 0 Å². The summed E-state index contributed by atoms with van der Waals surface area (Å²) in [4.78, 5) is 26.8. The fourth-order valence-corrected chi connectivity index (χ4v) is 4.01. The van der Waals surface area contributed by atoms with Gasteiger partial charge in [0.2, 0.25) is 0 Å². The molecule has 0 saturated carbocycles. The van der Waals surface area contributed by atoms with Gasteiger partial charge < -0.3 is 20.1 Å². The number of fused-ring (bicyclic) bond motifs is 1. The molecule has 2 N–H and O–H groups in total. The number of nitrogens with one attached hydrogen (secondary N) is 1. The van der Waals surface area contributed by atoms with E-state index in [2.05, 4.69) is 11.4 Å². The lowest BCUT2D eigenvalue weighted by Crippen LogP contribution is -2.35. The van der Waals surface area contributed by atoms with Crippen molar-refractivity contribution in [2.75, 3.05) is 18.5 Å². The number of amides is 2. The monoisotopic (exact) mass is 371 g/mol. The van der Waals surface area contributed by atoms with Crippen molar-refractivity contribution in [2.24, 2.45) is 0 Å². The van der Waals surface area contributed by atoms with E-state index in [1.165, 1.54) is 23.5 Å². The molecule has 7 nitrogen and oxygen atoms in total. The topological polar surface area (TPSA) is 103 Å². The SMILES string of the molecule is CCOC(=O)N1CCc2c(sc(NC(=O)c3cccc(O)c3)c2C#N)C1. The smallest absolute Gasteiger partial charge is 0.410 e. The highest BCUT2D eigenvalue weighted by Gasteiger charge is 2.28. The van der Waals surface area contributed by atoms with Gasteiger partial charge in [0.05, 0.1) is 18.7 Å². The van der Waals surface area contributed by atoms with Crippen LogP contribution < -0.4 is 5.32 Å². The molecular weight excluding hydrogens is 354 g/mol. The molecule has 3 rings (SSSR count). The number of nitrogens with zero attached hydrogens (tertiary/aromatic N) is 2. The Bertz CT molecular complexity index is 900. The largest absolute Gasteiger partial charge is 0.508 e. The Labute approximate surface area is 154 Å². The predicted molar refractivity (Wildman–Crippen MR) is 96.2 cm³/mol. The third-order valence-corrected chi connectivity index (χ3v) is 5.16. The molecule has 0 spiro atoms. The third-order valence-electron chi connectivity index (χ3n) is 4.03. The normalized spacial score (nSPS) is 12.8. The van der Waals surface area contributed by atoms with Crippen LogP contribution in [0, 0.1) is 11.3 Å². The van der Waals surface area contributed by atoms with Gasteiger partial charge >= 0.3 is 6.09 Å². The van der Waals surface area contributed by atoms with Gasteiger partial charge in [-0.3, -0.25) is 4.79 Å². The van der Waals surface area contributed by atoms with Gasteiger partial charge in [-0.2, -0.15) is 5.26 Å². The Morgan fingerprint density at radius 3 is 2.96 bits per heavy atom. The number of aromatic hydroxyl groups is 1. The fourth-order valence-electron chi connectivity index (χ4n) is 2.80. The number of ether oxygens (including phenoxy) is 1. The van der Waals surface area contributed by atoms with Crippen LogP contribution in [-0.2, 0) is 17.7 Å². The van der Waals surface area contributed by atoms with Crippen molar-refractivity contribution >= 4 is 28.3 Å². The van der Waals surface area contributed by atoms with Crippen LogP contribution in [0.5, 0.6) is 5.75 Å². The van der Waals surface area contributed by atoms with Gasteiger partial charge in [0.15, 0.2) is 0 Å². The predicted octanol–water partition coefficient (Wildman–Crippen LogP) is 3.09. The van der Waals surface area contributed by atoms with Crippen LogP contribution in [0.4, 0.5) is 9.80 Å². The van der Waals surface area contributed by atoms with Crippen LogP contribution in [-0.4, -0.2) is 35.2 Å². The van der Waals surface area contributed by atoms with Crippen molar-refractivity contribution < 1.29 is 19.4 Å². The standard InChI is InChI=1S/C18H17N3O4S/c1-2-25-18(24)21-7-6-13-14(9-19)17(26-15(13)10-21)20-16(23)11-4-3-5-12(22)8-11/h3-5,8,22H,2,6-7,10H2,1H3,(H,20,23). The van der Waals surface area contributed by atoms with Gasteiger partial charge in [0.1, 0.15) is 16.8 Å². The van der Waals surface area contributed by atoms with Crippen LogP contribution in [0.2, 0.25) is 0 Å². The van der Waals surface area contributed by atoms with Gasteiger partial charge in [-0.1, -0.05) is 6.07 Å². The summed E-state index contributed by atoms with van der Waals surface area (Å²) in [6.07, 6.45) is 0.158. The van der Waals surface area contributed by atoms with Crippen molar-refractivity contribution in [1.29, 1.82) is 5.26 Å². The van der Waals surface area contributed by atoms with Crippen LogP contribution in [0.1, 0.15) is 33.3 Å². The second-order valence-electron chi connectivity index (χ2n) is 5.69. The maximum absolute atomic E-state index is 12.4. The van der Waals surface area contributed by atoms with Crippen molar-refractivity contribution in [3.05, 3.63) is 45.8 Å². The van der Waals surface area contributed by atoms with E-state index in [9.17, 15) is 20.0 Å². The molecule has 0 bridgehead atoms. The molecule has 134 valence electrons. The summed E-state index contributed by atoms with van der Waals surface area (Å²) in [5, 5.41) is 22.2. The maximum Gasteiger partial charge on any atom is 0.410 e. The van der Waals surface area contributed by atoms with Gasteiger partial charge in [0.25, 0.3) is 5.91 Å². The number of phenolic OH excluding ortho intramolecular Hbond substituents is 1. The molecule has 0 fully saturated rings. The first-order valence-electron chi connectivity index (χ1n) is 8.10. The Hall–Kier alpha value is -3.05. The van der Waals surface area contributed by atoms with E-state index in [0.717, 1.165) is 10.4 Å². The lowest BCUT2D eigenvalue weighted by molar-refractivity contribution is 0.102. The zero-order valence-electron chi connectivity index (χ0n) is 14.1. The average Bonchev–Trinajstić information content (AvgIpc) is 2.97. The van der Waals surface area contributed by atoms with Gasteiger partial charge in [0, 0.05) is 17.0 Å². The summed E-state index contributed by atoms with van der Waals surface area (Å²) in [6, 6.07) is 8.14. The summed E-state index contributed by atoms with van der Waals surface area (Å²) < 4.78 is 5.03. The van der Waals surface area contributed by atoms with Crippen molar-refractivity contribution in [3.8, 4) is 11.8 Å². The fraction of sp³-hybridized carbons (Fsp3) is 0.278. The molecule has 0 unspecified atom stereocenters. The lowest BCUT2D eigenvalue weighted by atomic mass is 10.0. The first kappa shape index (κ1) is 17.8. The minimum atomic E-state index is -0.404. The highest BCUT2D eigenvalue weighted by atomic mass is 32.1. The summed E-state index contributed by atoms with van der Waals surface area (Å²) in [6.45, 7) is 2.88. The number of phenols is 1. The first-order chi connectivity index (χ1) is 12.5. The summed E-state index contributed by atoms with van der Waals surface area (Å²) in [5.41, 5.74) is 1.60. The number of thiophene rings is 1. The molecule has 0 saturated heterocycles. The molecule has 1 aliphatic rings. The number of carbonyl (C=O) groups excluding carboxylic acids is 2. The van der Waals surface area contributed by atoms with E-state index < -0.39 is 5.91 Å². The molecule has 1 aliphatic heterocycles. The molecule has 1 aromatic heterocycles. The third kappa shape index (κ3) is 3.48. The van der Waals surface area contributed by atoms with Crippen molar-refractivity contribution in [2.45, 2.75) is 19.9 Å². The van der Waals surface area contributed by atoms with Gasteiger partial charge in [-0.05, 0) is 37.1 Å². The Morgan fingerprint density at radius 1 is 1.46 bits per heavy atom. The van der Waals surface area contributed by atoms with E-state index in [1.54, 1.807) is 24.0 Å². The van der Waals surface area contributed by atoms with Crippen LogP contribution in [0.25, 0.3) is 0 Å². The number of benzene rings is 1. The Morgan fingerprint density at radius 2 is 2.27 bits per heavy atom. The lowest BCUT2D eigenvalue weighted by Gasteiger charge is -2.25. The van der Waals surface area contributed by atoms with Gasteiger partial charge in [-0.15, -0.1) is 11.3 Å². The molecule has 2 aromatic rings. The number of hydrogen-bond donors (Lipinski definition) is 2. The van der Waals surface area contributed by atoms with E-state index in [0.29, 0.717) is 42.2 Å². The molecule has 8 heteroatoms. The molecule has 26 heavy (non-hydrogen) atoms. The average molecular weight is 371 g/mol. The number of anilines is 1. The summed E-state index contributed by atoms with van der Waals surface area (Å²) >= 11 is 1.29. The minimum absolute atomic E-state index is 0.00582. The molecule has 1 aromatic carbocycles. The summed E-state index contributed by atoms with van der Waals surface area (Å²) in [5.74, 6) is -0.410. The van der Waals surface area contributed by atoms with E-state index in [4.69, 9.17) is 4.74 Å². The molecule has 0 atom stereocenters. The molecule has 2 amide bonds. The Balaban J connectivity index is 1.83. The minimum Gasteiger partial charge on any atom is -0.508 e. The highest BCUT2D eigenvalue weighted by molar-refractivity contribution is 7.16. The number of hydrogen-bond acceptors (Lipinski definition) is 6. The molecule has 0 radical (unpaired) electrons. The number of rotatable bonds is 3. The zero-order chi connectivity index (χ0) is 18.7. The van der Waals surface area contributed by atoms with Crippen LogP contribution in [0.15, 0.2) is 24.3 Å². The Kier molecular flexibility index (Phi) is 5.09. The number of nitriles is 1. The zero-order valence-corrected chi connectivity index (χ0v) is 14.9. The van der Waals surface area contributed by atoms with Crippen molar-refractivity contribution in [1.82, 2.24) is 4.90 Å². The van der Waals surface area contributed by atoms with E-state index in [-0.39, 0.29) is 11.8 Å². The summed E-state index contributed by atoms with van der Waals surface area (Å²) in [7, 11) is 0. The van der Waals surface area contributed by atoms with Crippen LogP contribution >= 0.6 is 11.3 Å². The first-order valence-corrected chi connectivity index (χ1v) is 8.91. The maximum atomic E-state index is 12.4. The highest BCUT2D eigenvalue weighted by Crippen LogP contribution is 2.37. The molecule has 0 aliphatic carbocycles. The molecule has 2 heterocycles. The quantitative estimate of drug-likeness (QED) is 0.863. The van der Waals surface area contributed by atoms with E-state index >= 15 is 0 Å². The van der Waals surface area contributed by atoms with E-state index in [1.807, 2.05) is 0 Å². The van der Waals surface area contributed by atoms with Gasteiger partial charge in [-0.25, -0.2) is 4.79 Å². The number of carbonyl (C=O) groups is 2. The second-order valence-corrected chi connectivity index (χ2v) is 6.80. The molecular formula is C18H17N3O4S. The van der Waals surface area contributed by atoms with Crippen LogP contribution in [0.3, 0.4) is 0 Å². The second kappa shape index (κ2) is 7.45.